The first-order chi connectivity index (χ1) is 6.99. The highest BCUT2D eigenvalue weighted by Gasteiger charge is 2.05. The van der Waals surface area contributed by atoms with Gasteiger partial charge in [-0.15, -0.1) is 0 Å². The SMILES string of the molecule is CC(C)CC(=O)Nc1ccc(Cl)c(N)c1. The van der Waals surface area contributed by atoms with Crippen molar-refractivity contribution in [2.75, 3.05) is 11.1 Å². The lowest BCUT2D eigenvalue weighted by molar-refractivity contribution is -0.116. The molecule has 0 saturated heterocycles. The van der Waals surface area contributed by atoms with Crippen molar-refractivity contribution in [3.63, 3.8) is 0 Å². The molecule has 0 unspecified atom stereocenters. The van der Waals surface area contributed by atoms with E-state index in [1.165, 1.54) is 0 Å². The number of hydrogen-bond acceptors (Lipinski definition) is 2. The van der Waals surface area contributed by atoms with E-state index in [1.807, 2.05) is 13.8 Å². The molecule has 1 rings (SSSR count). The molecule has 1 amide bonds. The van der Waals surface area contributed by atoms with Crippen LogP contribution in [0.4, 0.5) is 11.4 Å². The number of benzene rings is 1. The van der Waals surface area contributed by atoms with E-state index in [1.54, 1.807) is 18.2 Å². The monoisotopic (exact) mass is 226 g/mol. The van der Waals surface area contributed by atoms with E-state index >= 15 is 0 Å². The van der Waals surface area contributed by atoms with E-state index in [0.717, 1.165) is 0 Å². The van der Waals surface area contributed by atoms with Crippen LogP contribution in [0.3, 0.4) is 0 Å². The summed E-state index contributed by atoms with van der Waals surface area (Å²) in [5, 5.41) is 3.26. The van der Waals surface area contributed by atoms with Crippen molar-refractivity contribution in [1.82, 2.24) is 0 Å². The molecule has 0 bridgehead atoms. The van der Waals surface area contributed by atoms with Crippen molar-refractivity contribution in [3.05, 3.63) is 23.2 Å². The number of rotatable bonds is 3. The Morgan fingerprint density at radius 3 is 2.73 bits per heavy atom. The second-order valence-electron chi connectivity index (χ2n) is 3.88. The van der Waals surface area contributed by atoms with Gasteiger partial charge < -0.3 is 11.1 Å². The highest BCUT2D eigenvalue weighted by molar-refractivity contribution is 6.33. The van der Waals surface area contributed by atoms with Gasteiger partial charge in [-0.1, -0.05) is 25.4 Å². The number of anilines is 2. The molecule has 0 saturated carbocycles. The average Bonchev–Trinajstić information content (AvgIpc) is 2.10. The molecule has 4 heteroatoms. The highest BCUT2D eigenvalue weighted by atomic mass is 35.5. The summed E-state index contributed by atoms with van der Waals surface area (Å²) in [6, 6.07) is 5.05. The van der Waals surface area contributed by atoms with Crippen molar-refractivity contribution < 1.29 is 4.79 Å². The summed E-state index contributed by atoms with van der Waals surface area (Å²) < 4.78 is 0. The van der Waals surface area contributed by atoms with Crippen LogP contribution in [0.25, 0.3) is 0 Å². The Labute approximate surface area is 94.6 Å². The Morgan fingerprint density at radius 2 is 2.20 bits per heavy atom. The van der Waals surface area contributed by atoms with Gasteiger partial charge in [-0.2, -0.15) is 0 Å². The van der Waals surface area contributed by atoms with E-state index in [4.69, 9.17) is 17.3 Å². The molecule has 0 aromatic heterocycles. The van der Waals surface area contributed by atoms with E-state index < -0.39 is 0 Å². The van der Waals surface area contributed by atoms with Crippen molar-refractivity contribution in [2.45, 2.75) is 20.3 Å². The van der Waals surface area contributed by atoms with E-state index in [9.17, 15) is 4.79 Å². The molecule has 0 aliphatic rings. The Bertz CT molecular complexity index is 364. The fourth-order valence-electron chi connectivity index (χ4n) is 1.20. The van der Waals surface area contributed by atoms with Crippen LogP contribution < -0.4 is 11.1 Å². The number of nitrogens with one attached hydrogen (secondary N) is 1. The second kappa shape index (κ2) is 5.03. The minimum atomic E-state index is -0.00766. The summed E-state index contributed by atoms with van der Waals surface area (Å²) in [5.41, 5.74) is 6.77. The van der Waals surface area contributed by atoms with E-state index in [2.05, 4.69) is 5.32 Å². The third-order valence-electron chi connectivity index (χ3n) is 1.87. The normalized spacial score (nSPS) is 10.4. The molecule has 1 aromatic carbocycles. The summed E-state index contributed by atoms with van der Waals surface area (Å²) in [6.45, 7) is 3.99. The first-order valence-corrected chi connectivity index (χ1v) is 5.21. The minimum Gasteiger partial charge on any atom is -0.397 e. The van der Waals surface area contributed by atoms with Gasteiger partial charge in [0.25, 0.3) is 0 Å². The second-order valence-corrected chi connectivity index (χ2v) is 4.29. The van der Waals surface area contributed by atoms with Gasteiger partial charge in [-0.3, -0.25) is 4.79 Å². The van der Waals surface area contributed by atoms with Gasteiger partial charge in [0.05, 0.1) is 10.7 Å². The van der Waals surface area contributed by atoms with Crippen LogP contribution in [0.1, 0.15) is 20.3 Å². The minimum absolute atomic E-state index is 0.00766. The maximum Gasteiger partial charge on any atom is 0.224 e. The molecule has 0 heterocycles. The Hall–Kier alpha value is -1.22. The lowest BCUT2D eigenvalue weighted by atomic mass is 10.1. The summed E-state index contributed by atoms with van der Waals surface area (Å²) in [5.74, 6) is 0.335. The number of nitrogen functional groups attached to an aromatic ring is 1. The highest BCUT2D eigenvalue weighted by Crippen LogP contribution is 2.22. The van der Waals surface area contributed by atoms with Crippen molar-refractivity contribution in [1.29, 1.82) is 0 Å². The third-order valence-corrected chi connectivity index (χ3v) is 2.22. The fraction of sp³-hybridized carbons (Fsp3) is 0.364. The molecule has 0 fully saturated rings. The zero-order chi connectivity index (χ0) is 11.4. The largest absolute Gasteiger partial charge is 0.397 e. The average molecular weight is 227 g/mol. The number of nitrogens with two attached hydrogens (primary N) is 1. The van der Waals surface area contributed by atoms with Gasteiger partial charge in [0.2, 0.25) is 5.91 Å². The molecule has 0 atom stereocenters. The maximum atomic E-state index is 11.4. The van der Waals surface area contributed by atoms with Gasteiger partial charge in [0.15, 0.2) is 0 Å². The first-order valence-electron chi connectivity index (χ1n) is 4.84. The maximum absolute atomic E-state index is 11.4. The van der Waals surface area contributed by atoms with Gasteiger partial charge in [0, 0.05) is 12.1 Å². The lowest BCUT2D eigenvalue weighted by Crippen LogP contribution is -2.13. The quantitative estimate of drug-likeness (QED) is 0.779. The Balaban J connectivity index is 2.65. The molecule has 0 aliphatic heterocycles. The van der Waals surface area contributed by atoms with Crippen molar-refractivity contribution in [2.24, 2.45) is 5.92 Å². The van der Waals surface area contributed by atoms with Crippen molar-refractivity contribution in [3.8, 4) is 0 Å². The number of carbonyl (C=O) groups is 1. The third kappa shape index (κ3) is 3.80. The van der Waals surface area contributed by atoms with Gasteiger partial charge in [0.1, 0.15) is 0 Å². The predicted octanol–water partition coefficient (Wildman–Crippen LogP) is 2.91. The van der Waals surface area contributed by atoms with Crippen LogP contribution in [0.5, 0.6) is 0 Å². The van der Waals surface area contributed by atoms with Crippen LogP contribution in [-0.4, -0.2) is 5.91 Å². The van der Waals surface area contributed by atoms with Gasteiger partial charge >= 0.3 is 0 Å². The molecular weight excluding hydrogens is 212 g/mol. The molecule has 0 spiro atoms. The molecule has 1 aromatic rings. The fourth-order valence-corrected chi connectivity index (χ4v) is 1.32. The molecule has 15 heavy (non-hydrogen) atoms. The molecule has 0 aliphatic carbocycles. The smallest absolute Gasteiger partial charge is 0.224 e. The Kier molecular flexibility index (Phi) is 3.97. The number of amides is 1. The zero-order valence-corrected chi connectivity index (χ0v) is 9.64. The van der Waals surface area contributed by atoms with Crippen LogP contribution >= 0.6 is 11.6 Å². The van der Waals surface area contributed by atoms with Crippen LogP contribution in [0.15, 0.2) is 18.2 Å². The van der Waals surface area contributed by atoms with Gasteiger partial charge in [-0.05, 0) is 24.1 Å². The lowest BCUT2D eigenvalue weighted by Gasteiger charge is -2.08. The topological polar surface area (TPSA) is 55.1 Å². The zero-order valence-electron chi connectivity index (χ0n) is 8.88. The van der Waals surface area contributed by atoms with Crippen LogP contribution in [0, 0.1) is 5.92 Å². The summed E-state index contributed by atoms with van der Waals surface area (Å²) in [7, 11) is 0. The van der Waals surface area contributed by atoms with Crippen molar-refractivity contribution >= 4 is 28.9 Å². The summed E-state index contributed by atoms with van der Waals surface area (Å²) >= 11 is 5.76. The summed E-state index contributed by atoms with van der Waals surface area (Å²) in [6.07, 6.45) is 0.503. The molecule has 0 radical (unpaired) electrons. The number of carbonyl (C=O) groups excluding carboxylic acids is 1. The van der Waals surface area contributed by atoms with Crippen LogP contribution in [-0.2, 0) is 4.79 Å². The Morgan fingerprint density at radius 1 is 1.53 bits per heavy atom. The predicted molar refractivity (Wildman–Crippen MR) is 63.9 cm³/mol. The number of halogens is 1. The summed E-state index contributed by atoms with van der Waals surface area (Å²) in [4.78, 5) is 11.4. The van der Waals surface area contributed by atoms with E-state index in [-0.39, 0.29) is 5.91 Å². The first kappa shape index (κ1) is 11.9. The standard InChI is InChI=1S/C11H15ClN2O/c1-7(2)5-11(15)14-8-3-4-9(12)10(13)6-8/h3-4,6-7H,5,13H2,1-2H3,(H,14,15). The molecular formula is C11H15ClN2O. The molecule has 82 valence electrons. The van der Waals surface area contributed by atoms with E-state index in [0.29, 0.717) is 28.7 Å². The number of hydrogen-bond donors (Lipinski definition) is 2. The molecule has 3 N–H and O–H groups in total. The van der Waals surface area contributed by atoms with Crippen LogP contribution in [0.2, 0.25) is 5.02 Å². The molecule has 3 nitrogen and oxygen atoms in total. The van der Waals surface area contributed by atoms with Gasteiger partial charge in [-0.25, -0.2) is 0 Å².